The third-order valence-electron chi connectivity index (χ3n) is 9.69. The van der Waals surface area contributed by atoms with Crippen LogP contribution in [0.3, 0.4) is 0 Å². The number of ether oxygens (including phenoxy) is 4. The van der Waals surface area contributed by atoms with E-state index >= 15 is 0 Å². The predicted octanol–water partition coefficient (Wildman–Crippen LogP) is 4.01. The Labute approximate surface area is 339 Å². The van der Waals surface area contributed by atoms with Crippen molar-refractivity contribution in [3.05, 3.63) is 79.4 Å². The van der Waals surface area contributed by atoms with Gasteiger partial charge in [-0.25, -0.2) is 14.6 Å². The van der Waals surface area contributed by atoms with Crippen LogP contribution < -0.4 is 25.4 Å². The summed E-state index contributed by atoms with van der Waals surface area (Å²) >= 11 is 0. The number of hydrogen-bond donors (Lipinski definition) is 3. The largest absolute Gasteiger partial charge is 0.497 e. The lowest BCUT2D eigenvalue weighted by molar-refractivity contribution is -0.150. The first kappa shape index (κ1) is 43.2. The normalized spacial score (nSPS) is 20.6. The second-order valence-electron chi connectivity index (χ2n) is 15.6. The molecule has 0 radical (unpaired) electrons. The molecular weight excluding hydrogens is 745 g/mol. The maximum absolute atomic E-state index is 14.6. The molecule has 2 fully saturated rings. The average molecular weight is 799 g/mol. The van der Waals surface area contributed by atoms with Crippen LogP contribution in [0.25, 0.3) is 22.2 Å². The van der Waals surface area contributed by atoms with Gasteiger partial charge in [0, 0.05) is 54.6 Å². The van der Waals surface area contributed by atoms with Crippen LogP contribution in [0.1, 0.15) is 40.5 Å². The number of carbonyl (C=O) groups is 5. The van der Waals surface area contributed by atoms with Crippen molar-refractivity contribution in [2.45, 2.75) is 69.9 Å². The van der Waals surface area contributed by atoms with Crippen molar-refractivity contribution in [1.82, 2.24) is 30.7 Å². The summed E-state index contributed by atoms with van der Waals surface area (Å²) in [7, 11) is 5.28. The zero-order chi connectivity index (χ0) is 42.2. The molecule has 4 amide bonds. The first-order valence-electron chi connectivity index (χ1n) is 19.3. The lowest BCUT2D eigenvalue weighted by Crippen LogP contribution is -2.58. The van der Waals surface area contributed by atoms with Crippen molar-refractivity contribution in [3.63, 3.8) is 0 Å². The standard InChI is InChI=1S/C43H54N6O9/c1-9-28-24-43(28,40(53)56-10-2)47-38(51)35-22-30(57-36-23-32(27-15-12-11-13-16-27)45-33-21-29(55-8)18-19-31(33)36)26-49(35)39(52)34(46-41(54)58-42(3,4)5)25-44-37(50)17-14-20-48(6)7/h9,11-19,21,23,28,30,34-35H,1,10,20,22,24-26H2,2-8H3,(H,44,50)(H,46,54)(H,47,51)/b17-14+/t28-,30-,34+,35+,43-/m1/s1. The van der Waals surface area contributed by atoms with Crippen molar-refractivity contribution in [3.8, 4) is 22.8 Å². The molecule has 1 aliphatic carbocycles. The molecule has 3 N–H and O–H groups in total. The van der Waals surface area contributed by atoms with E-state index in [4.69, 9.17) is 23.9 Å². The van der Waals surface area contributed by atoms with Gasteiger partial charge in [-0.1, -0.05) is 42.5 Å². The van der Waals surface area contributed by atoms with Crippen molar-refractivity contribution < 1.29 is 42.9 Å². The van der Waals surface area contributed by atoms with Gasteiger partial charge >= 0.3 is 12.1 Å². The highest BCUT2D eigenvalue weighted by Gasteiger charge is 2.62. The molecule has 1 aromatic heterocycles. The van der Waals surface area contributed by atoms with Gasteiger partial charge in [-0.2, -0.15) is 0 Å². The molecule has 2 aromatic carbocycles. The number of carbonyl (C=O) groups excluding carboxylic acids is 5. The summed E-state index contributed by atoms with van der Waals surface area (Å²) in [5.41, 5.74) is -0.150. The van der Waals surface area contributed by atoms with Gasteiger partial charge in [0.2, 0.25) is 17.7 Å². The SMILES string of the molecule is C=C[C@@H]1C[C@]1(NC(=O)[C@@H]1C[C@@H](Oc2cc(-c3ccccc3)nc3cc(OC)ccc23)CN1C(=O)[C@H](CNC(=O)/C=C/CN(C)C)NC(=O)OC(C)(C)C)C(=O)OCC. The topological polar surface area (TPSA) is 178 Å². The molecule has 310 valence electrons. The number of methoxy groups -OCH3 is 1. The Morgan fingerprint density at radius 3 is 2.47 bits per heavy atom. The fourth-order valence-corrected chi connectivity index (χ4v) is 6.76. The zero-order valence-electron chi connectivity index (χ0n) is 34.2. The van der Waals surface area contributed by atoms with Crippen LogP contribution >= 0.6 is 0 Å². The van der Waals surface area contributed by atoms with Crippen LogP contribution in [0.5, 0.6) is 11.5 Å². The first-order valence-corrected chi connectivity index (χ1v) is 19.3. The van der Waals surface area contributed by atoms with Crippen molar-refractivity contribution in [2.24, 2.45) is 5.92 Å². The molecule has 5 atom stereocenters. The summed E-state index contributed by atoms with van der Waals surface area (Å²) in [4.78, 5) is 76.1. The molecule has 1 saturated carbocycles. The highest BCUT2D eigenvalue weighted by Crippen LogP contribution is 2.46. The number of fused-ring (bicyclic) bond motifs is 1. The molecule has 0 spiro atoms. The van der Waals surface area contributed by atoms with Crippen molar-refractivity contribution in [1.29, 1.82) is 0 Å². The Morgan fingerprint density at radius 2 is 1.83 bits per heavy atom. The van der Waals surface area contributed by atoms with Gasteiger partial charge < -0.3 is 44.7 Å². The molecule has 1 saturated heterocycles. The van der Waals surface area contributed by atoms with E-state index in [0.29, 0.717) is 34.6 Å². The van der Waals surface area contributed by atoms with Gasteiger partial charge in [-0.15, -0.1) is 6.58 Å². The maximum atomic E-state index is 14.6. The van der Waals surface area contributed by atoms with Crippen molar-refractivity contribution in [2.75, 3.05) is 47.4 Å². The number of rotatable bonds is 16. The molecule has 1 aliphatic heterocycles. The van der Waals surface area contributed by atoms with E-state index in [1.165, 1.54) is 11.0 Å². The molecule has 15 heteroatoms. The summed E-state index contributed by atoms with van der Waals surface area (Å²) in [6, 6.07) is 14.3. The summed E-state index contributed by atoms with van der Waals surface area (Å²) in [5, 5.41) is 8.83. The number of hydrogen-bond acceptors (Lipinski definition) is 11. The van der Waals surface area contributed by atoms with E-state index in [1.807, 2.05) is 61.5 Å². The van der Waals surface area contributed by atoms with Gasteiger partial charge in [0.05, 0.1) is 31.5 Å². The minimum Gasteiger partial charge on any atom is -0.497 e. The number of esters is 1. The van der Waals surface area contributed by atoms with E-state index in [-0.39, 0.29) is 38.5 Å². The van der Waals surface area contributed by atoms with E-state index in [9.17, 15) is 24.0 Å². The van der Waals surface area contributed by atoms with Gasteiger partial charge in [-0.05, 0) is 60.3 Å². The molecule has 58 heavy (non-hydrogen) atoms. The van der Waals surface area contributed by atoms with Gasteiger partial charge in [0.1, 0.15) is 40.8 Å². The lowest BCUT2D eigenvalue weighted by Gasteiger charge is -2.30. The number of likely N-dealkylation sites (tertiary alicyclic amines) is 1. The van der Waals surface area contributed by atoms with E-state index in [2.05, 4.69) is 22.5 Å². The van der Waals surface area contributed by atoms with Crippen LogP contribution in [0.15, 0.2) is 79.4 Å². The summed E-state index contributed by atoms with van der Waals surface area (Å²) in [6.07, 6.45) is 3.26. The maximum Gasteiger partial charge on any atom is 0.408 e. The zero-order valence-corrected chi connectivity index (χ0v) is 34.2. The van der Waals surface area contributed by atoms with E-state index in [0.717, 1.165) is 5.56 Å². The van der Waals surface area contributed by atoms with Crippen LogP contribution in [-0.2, 0) is 28.7 Å². The molecule has 5 rings (SSSR count). The lowest BCUT2D eigenvalue weighted by atomic mass is 10.1. The minimum atomic E-state index is -1.35. The number of pyridine rings is 1. The minimum absolute atomic E-state index is 0.0225. The molecule has 0 bridgehead atoms. The highest BCUT2D eigenvalue weighted by atomic mass is 16.6. The average Bonchev–Trinajstić information content (AvgIpc) is 3.74. The summed E-state index contributed by atoms with van der Waals surface area (Å²) in [6.45, 7) is 10.7. The van der Waals surface area contributed by atoms with E-state index in [1.54, 1.807) is 59.1 Å². The number of likely N-dealkylation sites (N-methyl/N-ethyl adjacent to an activating group) is 1. The monoisotopic (exact) mass is 798 g/mol. The number of alkyl carbamates (subject to hydrolysis) is 1. The Morgan fingerprint density at radius 1 is 1.09 bits per heavy atom. The van der Waals surface area contributed by atoms with Crippen LogP contribution in [0.4, 0.5) is 4.79 Å². The molecule has 2 heterocycles. The fraction of sp³-hybridized carbons (Fsp3) is 0.442. The Bertz CT molecular complexity index is 2030. The fourth-order valence-electron chi connectivity index (χ4n) is 6.76. The summed E-state index contributed by atoms with van der Waals surface area (Å²) < 4.78 is 23.0. The smallest absolute Gasteiger partial charge is 0.408 e. The van der Waals surface area contributed by atoms with E-state index < -0.39 is 59.1 Å². The second kappa shape index (κ2) is 18.5. The molecule has 15 nitrogen and oxygen atoms in total. The molecule has 2 aliphatic rings. The summed E-state index contributed by atoms with van der Waals surface area (Å²) in [5.74, 6) is -1.69. The third kappa shape index (κ3) is 10.7. The number of amides is 4. The van der Waals surface area contributed by atoms with Gasteiger partial charge in [0.25, 0.3) is 0 Å². The molecule has 0 unspecified atom stereocenters. The number of aromatic nitrogens is 1. The predicted molar refractivity (Wildman–Crippen MR) is 218 cm³/mol. The Balaban J connectivity index is 1.50. The Kier molecular flexibility index (Phi) is 13.8. The highest BCUT2D eigenvalue weighted by molar-refractivity contribution is 5.97. The Hall–Kier alpha value is -5.96. The van der Waals surface area contributed by atoms with Gasteiger partial charge in [0.15, 0.2) is 0 Å². The number of benzene rings is 2. The van der Waals surface area contributed by atoms with Crippen molar-refractivity contribution >= 4 is 40.7 Å². The number of nitrogens with one attached hydrogen (secondary N) is 3. The number of nitrogens with zero attached hydrogens (tertiary/aromatic N) is 3. The first-order chi connectivity index (χ1) is 27.6. The van der Waals surface area contributed by atoms with Crippen LogP contribution in [-0.4, -0.2) is 121 Å². The van der Waals surface area contributed by atoms with Gasteiger partial charge in [-0.3, -0.25) is 14.4 Å². The third-order valence-corrected chi connectivity index (χ3v) is 9.69. The molecular formula is C43H54N6O9. The second-order valence-corrected chi connectivity index (χ2v) is 15.6. The van der Waals surface area contributed by atoms with Crippen LogP contribution in [0.2, 0.25) is 0 Å². The molecule has 3 aromatic rings. The van der Waals surface area contributed by atoms with Crippen LogP contribution in [0, 0.1) is 5.92 Å². The quantitative estimate of drug-likeness (QED) is 0.108.